The highest BCUT2D eigenvalue weighted by Gasteiger charge is 2.16. The van der Waals surface area contributed by atoms with Gasteiger partial charge in [-0.1, -0.05) is 28.1 Å². The molecular formula is C10H9BrF2OS. The summed E-state index contributed by atoms with van der Waals surface area (Å²) in [5.41, 5.74) is 0.228. The Labute approximate surface area is 100 Å². The van der Waals surface area contributed by atoms with Crippen molar-refractivity contribution in [3.05, 3.63) is 29.3 Å². The third-order valence-electron chi connectivity index (χ3n) is 1.91. The fourth-order valence-corrected chi connectivity index (χ4v) is 1.69. The highest BCUT2D eigenvalue weighted by molar-refractivity contribution is 9.10. The SMILES string of the molecule is CC(Br)C(=O)c1ccc(C(F)F)c(S)c1. The van der Waals surface area contributed by atoms with E-state index in [1.54, 1.807) is 6.92 Å². The number of rotatable bonds is 3. The molecule has 1 unspecified atom stereocenters. The number of hydrogen-bond acceptors (Lipinski definition) is 2. The second kappa shape index (κ2) is 5.07. The third-order valence-corrected chi connectivity index (χ3v) is 2.71. The molecule has 5 heteroatoms. The van der Waals surface area contributed by atoms with Gasteiger partial charge in [-0.3, -0.25) is 4.79 Å². The lowest BCUT2D eigenvalue weighted by molar-refractivity contribution is 0.0995. The first-order chi connectivity index (χ1) is 6.93. The summed E-state index contributed by atoms with van der Waals surface area (Å²) in [6.45, 7) is 1.68. The Hall–Kier alpha value is -0.420. The van der Waals surface area contributed by atoms with Crippen molar-refractivity contribution in [3.8, 4) is 0 Å². The van der Waals surface area contributed by atoms with E-state index in [1.165, 1.54) is 18.2 Å². The summed E-state index contributed by atoms with van der Waals surface area (Å²) in [6.07, 6.45) is -2.57. The average Bonchev–Trinajstić information content (AvgIpc) is 2.15. The lowest BCUT2D eigenvalue weighted by Gasteiger charge is -2.07. The maximum Gasteiger partial charge on any atom is 0.264 e. The molecule has 1 aromatic rings. The van der Waals surface area contributed by atoms with Gasteiger partial charge in [0.2, 0.25) is 0 Å². The number of carbonyl (C=O) groups excluding carboxylic acids is 1. The molecule has 1 aromatic carbocycles. The van der Waals surface area contributed by atoms with Crippen LogP contribution >= 0.6 is 28.6 Å². The zero-order valence-corrected chi connectivity index (χ0v) is 10.4. The first kappa shape index (κ1) is 12.6. The van der Waals surface area contributed by atoms with E-state index >= 15 is 0 Å². The Kier molecular flexibility index (Phi) is 4.28. The standard InChI is InChI=1S/C10H9BrF2OS/c1-5(11)9(14)6-2-3-7(10(12)13)8(15)4-6/h2-5,10,15H,1H3. The van der Waals surface area contributed by atoms with Crippen molar-refractivity contribution in [2.75, 3.05) is 0 Å². The topological polar surface area (TPSA) is 17.1 Å². The lowest BCUT2D eigenvalue weighted by atomic mass is 10.1. The van der Waals surface area contributed by atoms with Gasteiger partial charge < -0.3 is 0 Å². The van der Waals surface area contributed by atoms with Gasteiger partial charge in [0, 0.05) is 16.0 Å². The molecular weight excluding hydrogens is 286 g/mol. The summed E-state index contributed by atoms with van der Waals surface area (Å²) < 4.78 is 24.8. The quantitative estimate of drug-likeness (QED) is 0.509. The lowest BCUT2D eigenvalue weighted by Crippen LogP contribution is -2.10. The Bertz CT molecular complexity index is 380. The molecule has 15 heavy (non-hydrogen) atoms. The molecule has 0 fully saturated rings. The Morgan fingerprint density at radius 3 is 2.47 bits per heavy atom. The summed E-state index contributed by atoms with van der Waals surface area (Å²) in [5.74, 6) is -0.147. The molecule has 0 aliphatic heterocycles. The van der Waals surface area contributed by atoms with Crippen molar-refractivity contribution in [1.82, 2.24) is 0 Å². The Morgan fingerprint density at radius 2 is 2.07 bits per heavy atom. The Balaban J connectivity index is 3.07. The van der Waals surface area contributed by atoms with Gasteiger partial charge in [0.1, 0.15) is 0 Å². The zero-order valence-electron chi connectivity index (χ0n) is 7.88. The van der Waals surface area contributed by atoms with Crippen LogP contribution in [-0.4, -0.2) is 10.6 Å². The van der Waals surface area contributed by atoms with Crippen LogP contribution in [-0.2, 0) is 0 Å². The zero-order chi connectivity index (χ0) is 11.6. The van der Waals surface area contributed by atoms with Crippen LogP contribution in [0.4, 0.5) is 8.78 Å². The third kappa shape index (κ3) is 3.01. The molecule has 0 aliphatic rings. The van der Waals surface area contributed by atoms with Crippen molar-refractivity contribution in [2.24, 2.45) is 0 Å². The van der Waals surface area contributed by atoms with Crippen molar-refractivity contribution in [2.45, 2.75) is 23.1 Å². The minimum Gasteiger partial charge on any atom is -0.293 e. The van der Waals surface area contributed by atoms with E-state index in [-0.39, 0.29) is 21.1 Å². The highest BCUT2D eigenvalue weighted by Crippen LogP contribution is 2.27. The van der Waals surface area contributed by atoms with Crippen LogP contribution in [0.3, 0.4) is 0 Å². The molecule has 0 bridgehead atoms. The van der Waals surface area contributed by atoms with Crippen molar-refractivity contribution >= 4 is 34.3 Å². The second-order valence-electron chi connectivity index (χ2n) is 3.05. The number of alkyl halides is 3. The largest absolute Gasteiger partial charge is 0.293 e. The van der Waals surface area contributed by atoms with Gasteiger partial charge in [0.15, 0.2) is 5.78 Å². The molecule has 0 heterocycles. The van der Waals surface area contributed by atoms with E-state index in [9.17, 15) is 13.6 Å². The van der Waals surface area contributed by atoms with Gasteiger partial charge in [-0.25, -0.2) is 8.78 Å². The molecule has 82 valence electrons. The minimum atomic E-state index is -2.57. The molecule has 0 radical (unpaired) electrons. The number of hydrogen-bond donors (Lipinski definition) is 1. The number of Topliss-reactive ketones (excluding diaryl/α,β-unsaturated/α-hetero) is 1. The van der Waals surface area contributed by atoms with Gasteiger partial charge >= 0.3 is 0 Å². The maximum atomic E-state index is 12.4. The normalized spacial score (nSPS) is 12.9. The van der Waals surface area contributed by atoms with E-state index < -0.39 is 6.43 Å². The van der Waals surface area contributed by atoms with Crippen molar-refractivity contribution < 1.29 is 13.6 Å². The molecule has 0 amide bonds. The van der Waals surface area contributed by atoms with Crippen LogP contribution in [0.25, 0.3) is 0 Å². The molecule has 0 saturated carbocycles. The predicted octanol–water partition coefficient (Wildman–Crippen LogP) is 3.88. The minimum absolute atomic E-state index is 0.143. The van der Waals surface area contributed by atoms with Gasteiger partial charge in [0.05, 0.1) is 4.83 Å². The van der Waals surface area contributed by atoms with E-state index in [4.69, 9.17) is 0 Å². The van der Waals surface area contributed by atoms with Crippen molar-refractivity contribution in [3.63, 3.8) is 0 Å². The molecule has 1 rings (SSSR count). The fourth-order valence-electron chi connectivity index (χ4n) is 1.11. The van der Waals surface area contributed by atoms with E-state index in [0.29, 0.717) is 5.56 Å². The summed E-state index contributed by atoms with van der Waals surface area (Å²) in [7, 11) is 0. The molecule has 1 nitrogen and oxygen atoms in total. The Morgan fingerprint density at radius 1 is 1.47 bits per heavy atom. The average molecular weight is 295 g/mol. The highest BCUT2D eigenvalue weighted by atomic mass is 79.9. The molecule has 0 saturated heterocycles. The van der Waals surface area contributed by atoms with Gasteiger partial charge in [-0.05, 0) is 13.0 Å². The van der Waals surface area contributed by atoms with E-state index in [1.807, 2.05) is 0 Å². The summed E-state index contributed by atoms with van der Waals surface area (Å²) in [6, 6.07) is 3.99. The molecule has 0 aliphatic carbocycles. The second-order valence-corrected chi connectivity index (χ2v) is 4.91. The number of halogens is 3. The molecule has 1 atom stereocenters. The smallest absolute Gasteiger partial charge is 0.264 e. The van der Waals surface area contributed by atoms with Gasteiger partial charge in [-0.2, -0.15) is 0 Å². The first-order valence-electron chi connectivity index (χ1n) is 4.23. The first-order valence-corrected chi connectivity index (χ1v) is 5.59. The predicted molar refractivity (Wildman–Crippen MR) is 61.4 cm³/mol. The number of thiol groups is 1. The summed E-state index contributed by atoms with van der Waals surface area (Å²) in [5, 5.41) is 0. The van der Waals surface area contributed by atoms with E-state index in [2.05, 4.69) is 28.6 Å². The number of carbonyl (C=O) groups is 1. The van der Waals surface area contributed by atoms with Crippen LogP contribution in [0.15, 0.2) is 23.1 Å². The van der Waals surface area contributed by atoms with Crippen LogP contribution in [0.2, 0.25) is 0 Å². The van der Waals surface area contributed by atoms with Crippen LogP contribution < -0.4 is 0 Å². The molecule has 0 aromatic heterocycles. The fraction of sp³-hybridized carbons (Fsp3) is 0.300. The molecule has 0 N–H and O–H groups in total. The summed E-state index contributed by atoms with van der Waals surface area (Å²) in [4.78, 5) is 11.3. The monoisotopic (exact) mass is 294 g/mol. The van der Waals surface area contributed by atoms with Crippen molar-refractivity contribution in [1.29, 1.82) is 0 Å². The molecule has 0 spiro atoms. The van der Waals surface area contributed by atoms with Gasteiger partial charge in [-0.15, -0.1) is 12.6 Å². The maximum absolute atomic E-state index is 12.4. The summed E-state index contributed by atoms with van der Waals surface area (Å²) >= 11 is 7.05. The van der Waals surface area contributed by atoms with E-state index in [0.717, 1.165) is 0 Å². The number of benzene rings is 1. The van der Waals surface area contributed by atoms with Crippen LogP contribution in [0, 0.1) is 0 Å². The van der Waals surface area contributed by atoms with Crippen LogP contribution in [0.1, 0.15) is 29.3 Å². The van der Waals surface area contributed by atoms with Crippen LogP contribution in [0.5, 0.6) is 0 Å². The van der Waals surface area contributed by atoms with Gasteiger partial charge in [0.25, 0.3) is 6.43 Å². The number of ketones is 1.